The molecule has 0 N–H and O–H groups in total. The Labute approximate surface area is 140 Å². The minimum atomic E-state index is -4.54. The van der Waals surface area contributed by atoms with E-state index in [1.807, 2.05) is 12.1 Å². The molecule has 4 rings (SSSR count). The van der Waals surface area contributed by atoms with Crippen LogP contribution in [-0.2, 0) is 18.6 Å². The molecule has 1 saturated carbocycles. The summed E-state index contributed by atoms with van der Waals surface area (Å²) in [6.07, 6.45) is 2.20. The monoisotopic (exact) mass is 349 g/mol. The van der Waals surface area contributed by atoms with Gasteiger partial charge >= 0.3 is 6.18 Å². The topological polar surface area (TPSA) is 69.6 Å². The van der Waals surface area contributed by atoms with Crippen molar-refractivity contribution in [3.8, 4) is 11.6 Å². The number of alkyl halides is 3. The molecular formula is C16H14F3N5O. The second-order valence-corrected chi connectivity index (χ2v) is 6.12. The zero-order valence-electron chi connectivity index (χ0n) is 13.3. The number of pyridine rings is 1. The quantitative estimate of drug-likeness (QED) is 0.725. The third kappa shape index (κ3) is 2.41. The molecule has 1 fully saturated rings. The van der Waals surface area contributed by atoms with Gasteiger partial charge in [0.15, 0.2) is 5.82 Å². The Bertz CT molecular complexity index is 896. The fourth-order valence-electron chi connectivity index (χ4n) is 3.26. The molecule has 25 heavy (non-hydrogen) atoms. The van der Waals surface area contributed by atoms with Crippen molar-refractivity contribution in [1.29, 1.82) is 0 Å². The maximum atomic E-state index is 13.2. The average Bonchev–Trinajstić information content (AvgIpc) is 3.13. The summed E-state index contributed by atoms with van der Waals surface area (Å²) in [5.41, 5.74) is -0.559. The van der Waals surface area contributed by atoms with Gasteiger partial charge in [0.2, 0.25) is 0 Å². The molecule has 1 aliphatic rings. The van der Waals surface area contributed by atoms with E-state index in [-0.39, 0.29) is 11.6 Å². The summed E-state index contributed by atoms with van der Waals surface area (Å²) in [6, 6.07) is 3.75. The molecule has 3 heterocycles. The average molecular weight is 349 g/mol. The van der Waals surface area contributed by atoms with Crippen LogP contribution < -0.4 is 0 Å². The predicted molar refractivity (Wildman–Crippen MR) is 80.4 cm³/mol. The van der Waals surface area contributed by atoms with Crippen LogP contribution in [0.15, 0.2) is 35.2 Å². The molecule has 9 heteroatoms. The summed E-state index contributed by atoms with van der Waals surface area (Å²) in [7, 11) is 1.41. The third-order valence-corrected chi connectivity index (χ3v) is 4.74. The maximum Gasteiger partial charge on any atom is 0.420 e. The van der Waals surface area contributed by atoms with E-state index in [2.05, 4.69) is 20.2 Å². The second kappa shape index (κ2) is 5.40. The molecule has 0 bridgehead atoms. The van der Waals surface area contributed by atoms with Crippen molar-refractivity contribution in [2.75, 3.05) is 0 Å². The maximum absolute atomic E-state index is 13.2. The molecule has 0 unspecified atom stereocenters. The Kier molecular flexibility index (Phi) is 3.41. The van der Waals surface area contributed by atoms with Crippen LogP contribution in [0.25, 0.3) is 11.6 Å². The number of aryl methyl sites for hydroxylation is 1. The molecule has 0 spiro atoms. The van der Waals surface area contributed by atoms with Gasteiger partial charge < -0.3 is 4.52 Å². The van der Waals surface area contributed by atoms with Crippen LogP contribution in [0.2, 0.25) is 0 Å². The van der Waals surface area contributed by atoms with Crippen LogP contribution in [0.3, 0.4) is 0 Å². The lowest BCUT2D eigenvalue weighted by Gasteiger charge is -2.39. The molecule has 0 atom stereocenters. The van der Waals surface area contributed by atoms with E-state index in [1.54, 1.807) is 12.4 Å². The molecule has 3 aromatic rings. The SMILES string of the molecule is Cn1ncc(C(F)(F)F)c1-c1nc(C2(c3ccncc3)CCC2)no1. The lowest BCUT2D eigenvalue weighted by Crippen LogP contribution is -2.36. The van der Waals surface area contributed by atoms with E-state index in [4.69, 9.17) is 4.52 Å². The van der Waals surface area contributed by atoms with Crippen molar-refractivity contribution >= 4 is 0 Å². The van der Waals surface area contributed by atoms with Gasteiger partial charge in [-0.05, 0) is 30.5 Å². The van der Waals surface area contributed by atoms with Crippen LogP contribution >= 0.6 is 0 Å². The standard InChI is InChI=1S/C16H14F3N5O/c1-24-12(11(9-21-24)16(17,18)19)13-22-14(23-25-13)15(5-2-6-15)10-3-7-20-8-4-10/h3-4,7-9H,2,5-6H2,1H3. The summed E-state index contributed by atoms with van der Waals surface area (Å²) in [5, 5.41) is 7.68. The number of hydrogen-bond acceptors (Lipinski definition) is 5. The molecular weight excluding hydrogens is 335 g/mol. The fourth-order valence-corrected chi connectivity index (χ4v) is 3.26. The largest absolute Gasteiger partial charge is 0.420 e. The van der Waals surface area contributed by atoms with Crippen LogP contribution in [0.4, 0.5) is 13.2 Å². The fraction of sp³-hybridized carbons (Fsp3) is 0.375. The van der Waals surface area contributed by atoms with Gasteiger partial charge in [-0.3, -0.25) is 9.67 Å². The number of nitrogens with zero attached hydrogens (tertiary/aromatic N) is 5. The van der Waals surface area contributed by atoms with Crippen molar-refractivity contribution in [2.24, 2.45) is 7.05 Å². The smallest absolute Gasteiger partial charge is 0.332 e. The zero-order chi connectivity index (χ0) is 17.7. The summed E-state index contributed by atoms with van der Waals surface area (Å²) in [6.45, 7) is 0. The van der Waals surface area contributed by atoms with Gasteiger partial charge in [0, 0.05) is 19.4 Å². The van der Waals surface area contributed by atoms with Gasteiger partial charge in [-0.1, -0.05) is 11.6 Å². The van der Waals surface area contributed by atoms with Gasteiger partial charge in [0.05, 0.1) is 11.6 Å². The molecule has 130 valence electrons. The lowest BCUT2D eigenvalue weighted by atomic mass is 9.64. The first-order chi connectivity index (χ1) is 11.9. The van der Waals surface area contributed by atoms with Gasteiger partial charge in [-0.2, -0.15) is 23.3 Å². The highest BCUT2D eigenvalue weighted by Crippen LogP contribution is 2.48. The summed E-state index contributed by atoms with van der Waals surface area (Å²) in [5.74, 6) is 0.219. The van der Waals surface area contributed by atoms with Crippen molar-refractivity contribution in [3.05, 3.63) is 47.7 Å². The highest BCUT2D eigenvalue weighted by Gasteiger charge is 2.45. The minimum absolute atomic E-state index is 0.178. The zero-order valence-corrected chi connectivity index (χ0v) is 13.3. The Morgan fingerprint density at radius 3 is 2.52 bits per heavy atom. The minimum Gasteiger partial charge on any atom is -0.332 e. The first-order valence-corrected chi connectivity index (χ1v) is 7.76. The Balaban J connectivity index is 1.78. The molecule has 0 saturated heterocycles. The Morgan fingerprint density at radius 2 is 1.92 bits per heavy atom. The lowest BCUT2D eigenvalue weighted by molar-refractivity contribution is -0.137. The van der Waals surface area contributed by atoms with Gasteiger partial charge in [-0.25, -0.2) is 0 Å². The molecule has 0 aromatic carbocycles. The number of halogens is 3. The molecule has 0 radical (unpaired) electrons. The van der Waals surface area contributed by atoms with E-state index in [9.17, 15) is 13.2 Å². The Hall–Kier alpha value is -2.71. The van der Waals surface area contributed by atoms with E-state index in [0.29, 0.717) is 5.82 Å². The summed E-state index contributed by atoms with van der Waals surface area (Å²) in [4.78, 5) is 8.31. The van der Waals surface area contributed by atoms with Crippen LogP contribution in [-0.4, -0.2) is 24.9 Å². The van der Waals surface area contributed by atoms with E-state index in [0.717, 1.165) is 35.7 Å². The number of aromatic nitrogens is 5. The van der Waals surface area contributed by atoms with Crippen molar-refractivity contribution in [3.63, 3.8) is 0 Å². The van der Waals surface area contributed by atoms with Gasteiger partial charge in [0.25, 0.3) is 5.89 Å². The van der Waals surface area contributed by atoms with E-state index in [1.165, 1.54) is 7.05 Å². The van der Waals surface area contributed by atoms with Gasteiger partial charge in [0.1, 0.15) is 11.3 Å². The van der Waals surface area contributed by atoms with Crippen LogP contribution in [0.5, 0.6) is 0 Å². The predicted octanol–water partition coefficient (Wildman–Crippen LogP) is 3.35. The first-order valence-electron chi connectivity index (χ1n) is 7.76. The van der Waals surface area contributed by atoms with E-state index >= 15 is 0 Å². The second-order valence-electron chi connectivity index (χ2n) is 6.12. The van der Waals surface area contributed by atoms with E-state index < -0.39 is 17.2 Å². The van der Waals surface area contributed by atoms with Crippen LogP contribution in [0, 0.1) is 0 Å². The molecule has 1 aliphatic carbocycles. The van der Waals surface area contributed by atoms with Gasteiger partial charge in [-0.15, -0.1) is 0 Å². The number of rotatable bonds is 3. The van der Waals surface area contributed by atoms with Crippen molar-refractivity contribution in [1.82, 2.24) is 24.9 Å². The summed E-state index contributed by atoms with van der Waals surface area (Å²) < 4.78 is 45.8. The molecule has 0 amide bonds. The highest BCUT2D eigenvalue weighted by atomic mass is 19.4. The molecule has 6 nitrogen and oxygen atoms in total. The van der Waals surface area contributed by atoms with Crippen molar-refractivity contribution in [2.45, 2.75) is 30.9 Å². The highest BCUT2D eigenvalue weighted by molar-refractivity contribution is 5.54. The first kappa shape index (κ1) is 15.8. The Morgan fingerprint density at radius 1 is 1.20 bits per heavy atom. The molecule has 3 aromatic heterocycles. The third-order valence-electron chi connectivity index (χ3n) is 4.74. The van der Waals surface area contributed by atoms with Crippen molar-refractivity contribution < 1.29 is 17.7 Å². The number of hydrogen-bond donors (Lipinski definition) is 0. The normalized spacial score (nSPS) is 16.6. The summed E-state index contributed by atoms with van der Waals surface area (Å²) >= 11 is 0. The molecule has 0 aliphatic heterocycles. The van der Waals surface area contributed by atoms with Crippen LogP contribution in [0.1, 0.15) is 36.2 Å².